The van der Waals surface area contributed by atoms with E-state index in [1.165, 1.54) is 23.5 Å². The van der Waals surface area contributed by atoms with Gasteiger partial charge in [-0.2, -0.15) is 0 Å². The molecule has 0 N–H and O–H groups in total. The second-order valence-corrected chi connectivity index (χ2v) is 4.94. The highest BCUT2D eigenvalue weighted by Crippen LogP contribution is 2.30. The van der Waals surface area contributed by atoms with E-state index in [0.29, 0.717) is 18.0 Å². The molecule has 1 atom stereocenters. The molecule has 2 aromatic rings. The predicted molar refractivity (Wildman–Crippen MR) is 69.2 cm³/mol. The number of hydrogen-bond acceptors (Lipinski definition) is 4. The monoisotopic (exact) mass is 267 g/mol. The molecule has 0 radical (unpaired) electrons. The first-order valence-corrected chi connectivity index (χ1v) is 6.70. The summed E-state index contributed by atoms with van der Waals surface area (Å²) >= 11 is 1.35. The molecule has 1 aromatic heterocycles. The number of carbonyl (C=O) groups excluding carboxylic acids is 1. The molecule has 0 amide bonds. The smallest absolute Gasteiger partial charge is 0.315 e. The molecule has 0 saturated heterocycles. The molecule has 0 bridgehead atoms. The van der Waals surface area contributed by atoms with Gasteiger partial charge in [0.15, 0.2) is 0 Å². The van der Waals surface area contributed by atoms with Gasteiger partial charge in [0.05, 0.1) is 16.8 Å². The molecule has 96 valence electrons. The molecule has 2 rings (SSSR count). The van der Waals surface area contributed by atoms with Crippen LogP contribution in [0.3, 0.4) is 0 Å². The first-order chi connectivity index (χ1) is 8.65. The number of carbonyl (C=O) groups is 1. The summed E-state index contributed by atoms with van der Waals surface area (Å²) in [6.45, 7) is 4.04. The highest BCUT2D eigenvalue weighted by atomic mass is 32.1. The van der Waals surface area contributed by atoms with E-state index >= 15 is 0 Å². The number of benzene rings is 1. The molecule has 0 saturated carbocycles. The molecule has 18 heavy (non-hydrogen) atoms. The highest BCUT2D eigenvalue weighted by Gasteiger charge is 2.23. The lowest BCUT2D eigenvalue weighted by molar-refractivity contribution is -0.145. The number of aromatic nitrogens is 1. The van der Waals surface area contributed by atoms with Gasteiger partial charge in [0.1, 0.15) is 16.7 Å². The van der Waals surface area contributed by atoms with Crippen LogP contribution in [-0.4, -0.2) is 17.6 Å². The molecule has 1 heterocycles. The van der Waals surface area contributed by atoms with Crippen LogP contribution in [0.15, 0.2) is 18.2 Å². The summed E-state index contributed by atoms with van der Waals surface area (Å²) in [7, 11) is 0. The van der Waals surface area contributed by atoms with Crippen LogP contribution in [-0.2, 0) is 9.53 Å². The fourth-order valence-electron chi connectivity index (χ4n) is 1.75. The lowest BCUT2D eigenvalue weighted by atomic mass is 10.1. The molecule has 1 aromatic carbocycles. The van der Waals surface area contributed by atoms with Gasteiger partial charge in [-0.15, -0.1) is 11.3 Å². The number of esters is 1. The van der Waals surface area contributed by atoms with Gasteiger partial charge in [-0.1, -0.05) is 6.92 Å². The maximum absolute atomic E-state index is 13.1. The molecule has 0 fully saturated rings. The quantitative estimate of drug-likeness (QED) is 0.796. The number of nitrogens with zero attached hydrogens (tertiary/aromatic N) is 1. The number of ether oxygens (including phenoxy) is 1. The number of halogens is 1. The second-order valence-electron chi connectivity index (χ2n) is 3.88. The summed E-state index contributed by atoms with van der Waals surface area (Å²) in [5.41, 5.74) is 0.721. The van der Waals surface area contributed by atoms with Gasteiger partial charge in [0, 0.05) is 0 Å². The minimum Gasteiger partial charge on any atom is -0.465 e. The zero-order valence-corrected chi connectivity index (χ0v) is 11.1. The molecule has 3 nitrogen and oxygen atoms in total. The van der Waals surface area contributed by atoms with Gasteiger partial charge in [-0.3, -0.25) is 4.79 Å². The molecule has 0 aliphatic carbocycles. The third kappa shape index (κ3) is 2.51. The standard InChI is InChI=1S/C13H14FNO2S/c1-3-9(13(16)17-4-2)12-15-10-6-5-8(14)7-11(10)18-12/h5-7,9H,3-4H2,1-2H3. The zero-order chi connectivity index (χ0) is 13.1. The topological polar surface area (TPSA) is 39.2 Å². The Bertz CT molecular complexity index is 567. The Morgan fingerprint density at radius 2 is 2.28 bits per heavy atom. The summed E-state index contributed by atoms with van der Waals surface area (Å²) in [5, 5.41) is 0.691. The summed E-state index contributed by atoms with van der Waals surface area (Å²) in [6.07, 6.45) is 0.626. The zero-order valence-electron chi connectivity index (χ0n) is 10.3. The number of hydrogen-bond donors (Lipinski definition) is 0. The Hall–Kier alpha value is -1.49. The fraction of sp³-hybridized carbons (Fsp3) is 0.385. The Kier molecular flexibility index (Phi) is 3.91. The van der Waals surface area contributed by atoms with E-state index in [-0.39, 0.29) is 17.7 Å². The van der Waals surface area contributed by atoms with E-state index in [1.54, 1.807) is 13.0 Å². The summed E-state index contributed by atoms with van der Waals surface area (Å²) in [5.74, 6) is -0.910. The van der Waals surface area contributed by atoms with Gasteiger partial charge < -0.3 is 4.74 Å². The van der Waals surface area contributed by atoms with Gasteiger partial charge in [0.2, 0.25) is 0 Å². The molecule has 0 spiro atoms. The van der Waals surface area contributed by atoms with Crippen molar-refractivity contribution >= 4 is 27.5 Å². The van der Waals surface area contributed by atoms with Crippen LogP contribution in [0.5, 0.6) is 0 Å². The first kappa shape index (κ1) is 13.0. The molecular formula is C13H14FNO2S. The van der Waals surface area contributed by atoms with E-state index < -0.39 is 0 Å². The highest BCUT2D eigenvalue weighted by molar-refractivity contribution is 7.18. The maximum Gasteiger partial charge on any atom is 0.315 e. The van der Waals surface area contributed by atoms with Crippen molar-refractivity contribution in [1.82, 2.24) is 4.98 Å². The molecular weight excluding hydrogens is 253 g/mol. The van der Waals surface area contributed by atoms with Crippen molar-refractivity contribution < 1.29 is 13.9 Å². The third-order valence-electron chi connectivity index (χ3n) is 2.64. The third-order valence-corrected chi connectivity index (χ3v) is 3.78. The SMILES string of the molecule is CCOC(=O)C(CC)c1nc2ccc(F)cc2s1. The number of thiazole rings is 1. The summed E-state index contributed by atoms with van der Waals surface area (Å²) in [4.78, 5) is 16.2. The van der Waals surface area contributed by atoms with Crippen molar-refractivity contribution in [2.24, 2.45) is 0 Å². The van der Waals surface area contributed by atoms with Gasteiger partial charge in [0.25, 0.3) is 0 Å². The summed E-state index contributed by atoms with van der Waals surface area (Å²) in [6, 6.07) is 4.44. The molecule has 0 aliphatic rings. The Morgan fingerprint density at radius 3 is 2.94 bits per heavy atom. The average molecular weight is 267 g/mol. The van der Waals surface area contributed by atoms with E-state index in [9.17, 15) is 9.18 Å². The van der Waals surface area contributed by atoms with Gasteiger partial charge in [-0.25, -0.2) is 9.37 Å². The van der Waals surface area contributed by atoms with Crippen molar-refractivity contribution in [3.63, 3.8) is 0 Å². The first-order valence-electron chi connectivity index (χ1n) is 5.88. The van der Waals surface area contributed by atoms with Crippen molar-refractivity contribution in [2.75, 3.05) is 6.61 Å². The van der Waals surface area contributed by atoms with Crippen LogP contribution in [0.1, 0.15) is 31.2 Å². The van der Waals surface area contributed by atoms with Crippen molar-refractivity contribution in [1.29, 1.82) is 0 Å². The number of rotatable bonds is 4. The fourth-order valence-corrected chi connectivity index (χ4v) is 2.91. The predicted octanol–water partition coefficient (Wildman–Crippen LogP) is 3.49. The lowest BCUT2D eigenvalue weighted by Gasteiger charge is -2.09. The van der Waals surface area contributed by atoms with E-state index in [2.05, 4.69) is 4.98 Å². The van der Waals surface area contributed by atoms with Gasteiger partial charge in [-0.05, 0) is 31.5 Å². The molecule has 5 heteroatoms. The lowest BCUT2D eigenvalue weighted by Crippen LogP contribution is -2.14. The van der Waals surface area contributed by atoms with Crippen LogP contribution in [0.4, 0.5) is 4.39 Å². The Balaban J connectivity index is 2.36. The normalized spacial score (nSPS) is 12.6. The van der Waals surface area contributed by atoms with Crippen molar-refractivity contribution in [3.8, 4) is 0 Å². The van der Waals surface area contributed by atoms with Gasteiger partial charge >= 0.3 is 5.97 Å². The van der Waals surface area contributed by atoms with E-state index in [1.807, 2.05) is 6.92 Å². The van der Waals surface area contributed by atoms with Crippen molar-refractivity contribution in [2.45, 2.75) is 26.2 Å². The van der Waals surface area contributed by atoms with E-state index in [4.69, 9.17) is 4.74 Å². The van der Waals surface area contributed by atoms with Crippen LogP contribution < -0.4 is 0 Å². The average Bonchev–Trinajstić information content (AvgIpc) is 2.72. The number of fused-ring (bicyclic) bond motifs is 1. The maximum atomic E-state index is 13.1. The second kappa shape index (κ2) is 5.44. The largest absolute Gasteiger partial charge is 0.465 e. The van der Waals surface area contributed by atoms with Crippen LogP contribution in [0.2, 0.25) is 0 Å². The minimum absolute atomic E-state index is 0.264. The minimum atomic E-state index is -0.356. The summed E-state index contributed by atoms with van der Waals surface area (Å²) < 4.78 is 18.9. The van der Waals surface area contributed by atoms with Crippen LogP contribution in [0, 0.1) is 5.82 Å². The van der Waals surface area contributed by atoms with Crippen LogP contribution in [0.25, 0.3) is 10.2 Å². The van der Waals surface area contributed by atoms with Crippen molar-refractivity contribution in [3.05, 3.63) is 29.0 Å². The molecule has 1 unspecified atom stereocenters. The Morgan fingerprint density at radius 1 is 1.50 bits per heavy atom. The Labute approximate surface area is 109 Å². The van der Waals surface area contributed by atoms with Crippen LogP contribution >= 0.6 is 11.3 Å². The molecule has 0 aliphatic heterocycles. The van der Waals surface area contributed by atoms with E-state index in [0.717, 1.165) is 10.2 Å².